The minimum absolute atomic E-state index is 0.0440. The summed E-state index contributed by atoms with van der Waals surface area (Å²) >= 11 is 6.81. The van der Waals surface area contributed by atoms with Gasteiger partial charge in [-0.3, -0.25) is 4.57 Å². The fourth-order valence-electron chi connectivity index (χ4n) is 2.14. The molecule has 0 fully saturated rings. The number of pyridine rings is 1. The van der Waals surface area contributed by atoms with Gasteiger partial charge < -0.3 is 5.11 Å². The lowest BCUT2D eigenvalue weighted by Crippen LogP contribution is -1.97. The number of fused-ring (bicyclic) bond motifs is 1. The molecule has 0 atom stereocenters. The van der Waals surface area contributed by atoms with E-state index in [1.165, 1.54) is 18.3 Å². The summed E-state index contributed by atoms with van der Waals surface area (Å²) in [6.07, 6.45) is 1.23. The van der Waals surface area contributed by atoms with Crippen molar-refractivity contribution < 1.29 is 9.50 Å². The molecule has 2 heterocycles. The van der Waals surface area contributed by atoms with Crippen molar-refractivity contribution in [1.82, 2.24) is 9.55 Å². The molecular weight excluding hydrogens is 405 g/mol. The number of aromatic hydroxyl groups is 1. The number of hydrogen-bond acceptors (Lipinski definition) is 3. The molecule has 0 radical (unpaired) electrons. The second kappa shape index (κ2) is 5.13. The molecule has 104 valence electrons. The minimum atomic E-state index is -0.355. The van der Waals surface area contributed by atoms with Crippen LogP contribution >= 0.6 is 31.9 Å². The highest BCUT2D eigenvalue weighted by atomic mass is 79.9. The molecule has 0 aliphatic carbocycles. The lowest BCUT2D eigenvalue weighted by atomic mass is 10.2. The second-order valence-corrected chi connectivity index (χ2v) is 5.79. The van der Waals surface area contributed by atoms with Gasteiger partial charge in [-0.1, -0.05) is 0 Å². The maximum absolute atomic E-state index is 13.1. The second-order valence-electron chi connectivity index (χ2n) is 4.24. The molecule has 1 N–H and O–H groups in total. The molecule has 0 spiro atoms. The molecule has 3 rings (SSSR count). The van der Waals surface area contributed by atoms with Gasteiger partial charge in [0.25, 0.3) is 0 Å². The van der Waals surface area contributed by atoms with Gasteiger partial charge in [0.15, 0.2) is 5.69 Å². The van der Waals surface area contributed by atoms with Gasteiger partial charge in [-0.25, -0.2) is 9.37 Å². The van der Waals surface area contributed by atoms with Crippen molar-refractivity contribution in [3.63, 3.8) is 0 Å². The molecule has 0 saturated heterocycles. The lowest BCUT2D eigenvalue weighted by molar-refractivity contribution is 0.479. The predicted octanol–water partition coefficient (Wildman–Crippen LogP) is 4.27. The quantitative estimate of drug-likeness (QED) is 0.651. The van der Waals surface area contributed by atoms with E-state index >= 15 is 0 Å². The van der Waals surface area contributed by atoms with Crippen molar-refractivity contribution in [3.05, 3.63) is 51.0 Å². The molecular formula is C14H6Br2FN3O. The van der Waals surface area contributed by atoms with E-state index in [-0.39, 0.29) is 17.3 Å². The van der Waals surface area contributed by atoms with Crippen LogP contribution in [-0.4, -0.2) is 14.7 Å². The normalized spacial score (nSPS) is 10.8. The van der Waals surface area contributed by atoms with Crippen LogP contribution in [0, 0.1) is 17.1 Å². The molecule has 2 aromatic heterocycles. The Morgan fingerprint density at radius 1 is 1.24 bits per heavy atom. The van der Waals surface area contributed by atoms with Crippen molar-refractivity contribution >= 4 is 42.8 Å². The third kappa shape index (κ3) is 2.11. The molecule has 1 aromatic carbocycles. The van der Waals surface area contributed by atoms with Crippen LogP contribution in [-0.2, 0) is 0 Å². The van der Waals surface area contributed by atoms with Crippen LogP contribution in [0.25, 0.3) is 16.6 Å². The van der Waals surface area contributed by atoms with E-state index in [0.29, 0.717) is 25.7 Å². The summed E-state index contributed by atoms with van der Waals surface area (Å²) < 4.78 is 16.0. The summed E-state index contributed by atoms with van der Waals surface area (Å²) in [4.78, 5) is 3.94. The Kier molecular flexibility index (Phi) is 3.43. The molecule has 0 aliphatic rings. The molecule has 0 saturated carbocycles. The largest absolute Gasteiger partial charge is 0.506 e. The topological polar surface area (TPSA) is 61.8 Å². The van der Waals surface area contributed by atoms with Crippen molar-refractivity contribution in [2.24, 2.45) is 0 Å². The van der Waals surface area contributed by atoms with Crippen molar-refractivity contribution in [2.45, 2.75) is 0 Å². The molecule has 21 heavy (non-hydrogen) atoms. The Labute approximate surface area is 135 Å². The number of aromatic nitrogens is 2. The van der Waals surface area contributed by atoms with E-state index in [4.69, 9.17) is 0 Å². The van der Waals surface area contributed by atoms with E-state index in [9.17, 15) is 14.8 Å². The first kappa shape index (κ1) is 14.0. The first-order valence-corrected chi connectivity index (χ1v) is 7.36. The Morgan fingerprint density at radius 2 is 1.90 bits per heavy atom. The van der Waals surface area contributed by atoms with Crippen LogP contribution in [0.2, 0.25) is 0 Å². The van der Waals surface area contributed by atoms with Gasteiger partial charge in [0.2, 0.25) is 0 Å². The summed E-state index contributed by atoms with van der Waals surface area (Å²) in [7, 11) is 0. The Bertz CT molecular complexity index is 897. The predicted molar refractivity (Wildman–Crippen MR) is 82.8 cm³/mol. The number of benzene rings is 1. The van der Waals surface area contributed by atoms with Crippen molar-refractivity contribution in [2.75, 3.05) is 0 Å². The van der Waals surface area contributed by atoms with Crippen molar-refractivity contribution in [1.29, 1.82) is 5.26 Å². The van der Waals surface area contributed by atoms with E-state index in [1.807, 2.05) is 6.07 Å². The highest BCUT2D eigenvalue weighted by Crippen LogP contribution is 2.41. The van der Waals surface area contributed by atoms with Gasteiger partial charge in [0, 0.05) is 5.69 Å². The maximum Gasteiger partial charge on any atom is 0.165 e. The molecule has 0 unspecified atom stereocenters. The molecule has 4 nitrogen and oxygen atoms in total. The Hall–Kier alpha value is -1.91. The van der Waals surface area contributed by atoms with Crippen LogP contribution in [0.1, 0.15) is 5.69 Å². The SMILES string of the molecule is N#Cc1ncc(O)c2c(Br)c(Br)n(-c3ccc(F)cc3)c12. The monoisotopic (exact) mass is 409 g/mol. The van der Waals surface area contributed by atoms with Gasteiger partial charge in [-0.15, -0.1) is 0 Å². The average molecular weight is 411 g/mol. The summed E-state index contributed by atoms with van der Waals surface area (Å²) in [6, 6.07) is 7.81. The lowest BCUT2D eigenvalue weighted by Gasteiger charge is -2.08. The minimum Gasteiger partial charge on any atom is -0.506 e. The summed E-state index contributed by atoms with van der Waals surface area (Å²) in [6.45, 7) is 0. The van der Waals surface area contributed by atoms with Crippen LogP contribution < -0.4 is 0 Å². The van der Waals surface area contributed by atoms with E-state index in [2.05, 4.69) is 36.8 Å². The molecule has 3 aromatic rings. The average Bonchev–Trinajstić information content (AvgIpc) is 2.74. The van der Waals surface area contributed by atoms with Crippen LogP contribution in [0.3, 0.4) is 0 Å². The third-order valence-corrected chi connectivity index (χ3v) is 5.10. The van der Waals surface area contributed by atoms with E-state index in [0.717, 1.165) is 0 Å². The number of halogens is 3. The summed E-state index contributed by atoms with van der Waals surface area (Å²) in [5, 5.41) is 19.7. The number of hydrogen-bond donors (Lipinski definition) is 1. The third-order valence-electron chi connectivity index (χ3n) is 3.04. The first-order chi connectivity index (χ1) is 10.0. The Balaban J connectivity index is 2.48. The van der Waals surface area contributed by atoms with Crippen LogP contribution in [0.4, 0.5) is 4.39 Å². The van der Waals surface area contributed by atoms with Crippen molar-refractivity contribution in [3.8, 4) is 17.5 Å². The van der Waals surface area contributed by atoms with Crippen LogP contribution in [0.5, 0.6) is 5.75 Å². The molecule has 0 aliphatic heterocycles. The Morgan fingerprint density at radius 3 is 2.52 bits per heavy atom. The maximum atomic E-state index is 13.1. The van der Waals surface area contributed by atoms with E-state index < -0.39 is 0 Å². The summed E-state index contributed by atoms with van der Waals surface area (Å²) in [5.74, 6) is -0.399. The smallest absolute Gasteiger partial charge is 0.165 e. The fourth-order valence-corrected chi connectivity index (χ4v) is 3.29. The van der Waals surface area contributed by atoms with Gasteiger partial charge in [0.05, 0.1) is 21.6 Å². The number of nitrogens with zero attached hydrogens (tertiary/aromatic N) is 3. The number of rotatable bonds is 1. The zero-order valence-electron chi connectivity index (χ0n) is 10.3. The van der Waals surface area contributed by atoms with Gasteiger partial charge >= 0.3 is 0 Å². The van der Waals surface area contributed by atoms with E-state index in [1.54, 1.807) is 16.7 Å². The molecule has 0 bridgehead atoms. The number of nitriles is 1. The summed E-state index contributed by atoms with van der Waals surface area (Å²) in [5.41, 5.74) is 1.25. The highest BCUT2D eigenvalue weighted by Gasteiger charge is 2.21. The fraction of sp³-hybridized carbons (Fsp3) is 0. The van der Waals surface area contributed by atoms with Gasteiger partial charge in [-0.2, -0.15) is 5.26 Å². The zero-order valence-corrected chi connectivity index (χ0v) is 13.5. The first-order valence-electron chi connectivity index (χ1n) is 5.78. The highest BCUT2D eigenvalue weighted by molar-refractivity contribution is 9.13. The van der Waals surface area contributed by atoms with Crippen LogP contribution in [0.15, 0.2) is 39.5 Å². The molecule has 0 amide bonds. The van der Waals surface area contributed by atoms with Gasteiger partial charge in [-0.05, 0) is 56.1 Å². The standard InChI is InChI=1S/C14H6Br2FN3O/c15-12-11-10(21)6-19-9(5-18)13(11)20(14(12)16)8-3-1-7(17)2-4-8/h1-4,6,21H. The zero-order chi connectivity index (χ0) is 15.1. The molecule has 7 heteroatoms. The van der Waals surface area contributed by atoms with Gasteiger partial charge in [0.1, 0.15) is 22.2 Å².